The van der Waals surface area contributed by atoms with Crippen LogP contribution in [0.1, 0.15) is 38.2 Å². The Morgan fingerprint density at radius 3 is 2.67 bits per heavy atom. The largest absolute Gasteiger partial charge is 0.310 e. The molecule has 2 heteroatoms. The Kier molecular flexibility index (Phi) is 5.45. The number of halogens is 1. The summed E-state index contributed by atoms with van der Waals surface area (Å²) in [7, 11) is 0. The second kappa shape index (κ2) is 7.10. The van der Waals surface area contributed by atoms with Gasteiger partial charge < -0.3 is 5.32 Å². The van der Waals surface area contributed by atoms with Gasteiger partial charge in [0.2, 0.25) is 0 Å². The summed E-state index contributed by atoms with van der Waals surface area (Å²) in [6.07, 6.45) is 8.62. The highest BCUT2D eigenvalue weighted by molar-refractivity contribution is 9.10. The quantitative estimate of drug-likeness (QED) is 0.765. The van der Waals surface area contributed by atoms with E-state index in [0.717, 1.165) is 17.4 Å². The van der Waals surface area contributed by atoms with E-state index in [9.17, 15) is 0 Å². The topological polar surface area (TPSA) is 12.0 Å². The van der Waals surface area contributed by atoms with Crippen molar-refractivity contribution in [2.45, 2.75) is 45.1 Å². The molecule has 0 bridgehead atoms. The summed E-state index contributed by atoms with van der Waals surface area (Å²) in [6.45, 7) is 3.34. The van der Waals surface area contributed by atoms with E-state index in [4.69, 9.17) is 0 Å². The van der Waals surface area contributed by atoms with E-state index in [1.54, 1.807) is 5.57 Å². The van der Waals surface area contributed by atoms with Gasteiger partial charge in [0, 0.05) is 10.5 Å². The molecule has 0 heterocycles. The van der Waals surface area contributed by atoms with Gasteiger partial charge in [-0.2, -0.15) is 0 Å². The van der Waals surface area contributed by atoms with E-state index in [0.29, 0.717) is 6.04 Å². The van der Waals surface area contributed by atoms with Crippen LogP contribution in [0.5, 0.6) is 0 Å². The van der Waals surface area contributed by atoms with Crippen LogP contribution in [-0.2, 0) is 6.42 Å². The molecule has 1 aliphatic carbocycles. The van der Waals surface area contributed by atoms with Crippen LogP contribution in [0.4, 0.5) is 0 Å². The molecule has 0 radical (unpaired) electrons. The lowest BCUT2D eigenvalue weighted by molar-refractivity contribution is 0.552. The Bertz CT molecular complexity index is 394. The van der Waals surface area contributed by atoms with E-state index >= 15 is 0 Å². The number of benzene rings is 1. The molecule has 18 heavy (non-hydrogen) atoms. The van der Waals surface area contributed by atoms with Crippen LogP contribution >= 0.6 is 15.9 Å². The van der Waals surface area contributed by atoms with Crippen LogP contribution in [0.25, 0.3) is 0 Å². The minimum Gasteiger partial charge on any atom is -0.310 e. The summed E-state index contributed by atoms with van der Waals surface area (Å²) in [5, 5.41) is 3.69. The first kappa shape index (κ1) is 13.8. The van der Waals surface area contributed by atoms with Crippen molar-refractivity contribution in [3.8, 4) is 0 Å². The van der Waals surface area contributed by atoms with Gasteiger partial charge in [0.05, 0.1) is 0 Å². The molecule has 98 valence electrons. The molecule has 0 spiro atoms. The molecule has 0 fully saturated rings. The van der Waals surface area contributed by atoms with Crippen molar-refractivity contribution in [2.75, 3.05) is 6.54 Å². The Balaban J connectivity index is 2.01. The molecule has 1 atom stereocenters. The normalized spacial score (nSPS) is 16.7. The van der Waals surface area contributed by atoms with Crippen molar-refractivity contribution in [3.63, 3.8) is 0 Å². The predicted octanol–water partition coefficient (Wildman–Crippen LogP) is 4.47. The summed E-state index contributed by atoms with van der Waals surface area (Å²) < 4.78 is 1.16. The molecule has 2 rings (SSSR count). The lowest BCUT2D eigenvalue weighted by atomic mass is 9.98. The van der Waals surface area contributed by atoms with Crippen molar-refractivity contribution in [1.82, 2.24) is 5.32 Å². The number of rotatable bonds is 6. The smallest absolute Gasteiger partial charge is 0.0320 e. The van der Waals surface area contributed by atoms with Crippen molar-refractivity contribution < 1.29 is 0 Å². The van der Waals surface area contributed by atoms with Crippen LogP contribution in [0.3, 0.4) is 0 Å². The summed E-state index contributed by atoms with van der Waals surface area (Å²) in [6, 6.07) is 9.25. The van der Waals surface area contributed by atoms with Crippen molar-refractivity contribution in [1.29, 1.82) is 0 Å². The molecule has 0 saturated carbocycles. The van der Waals surface area contributed by atoms with Gasteiger partial charge in [0.1, 0.15) is 0 Å². The fraction of sp³-hybridized carbons (Fsp3) is 0.500. The molecule has 0 aromatic heterocycles. The van der Waals surface area contributed by atoms with Gasteiger partial charge >= 0.3 is 0 Å². The van der Waals surface area contributed by atoms with Gasteiger partial charge in [0.15, 0.2) is 0 Å². The third-order valence-corrected chi connectivity index (χ3v) is 4.05. The molecule has 1 nitrogen and oxygen atoms in total. The maximum absolute atomic E-state index is 3.69. The summed E-state index contributed by atoms with van der Waals surface area (Å²) in [5.41, 5.74) is 3.03. The fourth-order valence-electron chi connectivity index (χ4n) is 2.52. The zero-order valence-corrected chi connectivity index (χ0v) is 12.7. The van der Waals surface area contributed by atoms with Crippen LogP contribution in [0.15, 0.2) is 40.4 Å². The van der Waals surface area contributed by atoms with Crippen LogP contribution in [0.2, 0.25) is 0 Å². The molecule has 1 N–H and O–H groups in total. The van der Waals surface area contributed by atoms with Gasteiger partial charge in [-0.15, -0.1) is 0 Å². The number of nitrogens with one attached hydrogen (secondary N) is 1. The average molecular weight is 308 g/mol. The Morgan fingerprint density at radius 2 is 2.06 bits per heavy atom. The maximum Gasteiger partial charge on any atom is 0.0320 e. The van der Waals surface area contributed by atoms with Crippen LogP contribution in [0, 0.1) is 0 Å². The fourth-order valence-corrected chi connectivity index (χ4v) is 2.79. The SMILES string of the molecule is CCCNC(Cc1ccc(Br)cc1)C1=CCCC1. The van der Waals surface area contributed by atoms with Gasteiger partial charge in [-0.3, -0.25) is 0 Å². The highest BCUT2D eigenvalue weighted by Crippen LogP contribution is 2.23. The van der Waals surface area contributed by atoms with Crippen molar-refractivity contribution >= 4 is 15.9 Å². The first-order chi connectivity index (χ1) is 8.79. The molecule has 1 aliphatic rings. The molecular formula is C16H22BrN. The van der Waals surface area contributed by atoms with Gasteiger partial charge in [0.25, 0.3) is 0 Å². The first-order valence-electron chi connectivity index (χ1n) is 6.96. The number of hydrogen-bond acceptors (Lipinski definition) is 1. The Hall–Kier alpha value is -0.600. The lowest BCUT2D eigenvalue weighted by Gasteiger charge is -2.20. The summed E-state index contributed by atoms with van der Waals surface area (Å²) in [4.78, 5) is 0. The second-order valence-corrected chi connectivity index (χ2v) is 5.92. The molecular weight excluding hydrogens is 286 g/mol. The first-order valence-corrected chi connectivity index (χ1v) is 7.75. The minimum atomic E-state index is 0.536. The zero-order valence-electron chi connectivity index (χ0n) is 11.1. The number of allylic oxidation sites excluding steroid dienone is 1. The predicted molar refractivity (Wildman–Crippen MR) is 81.9 cm³/mol. The summed E-state index contributed by atoms with van der Waals surface area (Å²) >= 11 is 3.49. The number of hydrogen-bond donors (Lipinski definition) is 1. The Morgan fingerprint density at radius 1 is 1.28 bits per heavy atom. The van der Waals surface area contributed by atoms with Gasteiger partial charge in [-0.1, -0.05) is 46.6 Å². The van der Waals surface area contributed by atoms with E-state index < -0.39 is 0 Å². The molecule has 1 aromatic carbocycles. The van der Waals surface area contributed by atoms with Crippen molar-refractivity contribution in [3.05, 3.63) is 46.0 Å². The van der Waals surface area contributed by atoms with E-state index in [1.807, 2.05) is 0 Å². The molecule has 0 saturated heterocycles. The Labute approximate surface area is 119 Å². The molecule has 0 amide bonds. The third kappa shape index (κ3) is 3.96. The monoisotopic (exact) mass is 307 g/mol. The minimum absolute atomic E-state index is 0.536. The van der Waals surface area contributed by atoms with E-state index in [1.165, 1.54) is 31.2 Å². The average Bonchev–Trinajstić information content (AvgIpc) is 2.90. The van der Waals surface area contributed by atoms with E-state index in [-0.39, 0.29) is 0 Å². The summed E-state index contributed by atoms with van der Waals surface area (Å²) in [5.74, 6) is 0. The third-order valence-electron chi connectivity index (χ3n) is 3.52. The van der Waals surface area contributed by atoms with Crippen molar-refractivity contribution in [2.24, 2.45) is 0 Å². The van der Waals surface area contributed by atoms with Crippen LogP contribution in [-0.4, -0.2) is 12.6 Å². The van der Waals surface area contributed by atoms with Gasteiger partial charge in [-0.05, 0) is 56.3 Å². The lowest BCUT2D eigenvalue weighted by Crippen LogP contribution is -2.33. The highest BCUT2D eigenvalue weighted by atomic mass is 79.9. The zero-order chi connectivity index (χ0) is 12.8. The highest BCUT2D eigenvalue weighted by Gasteiger charge is 2.16. The van der Waals surface area contributed by atoms with E-state index in [2.05, 4.69) is 58.5 Å². The standard InChI is InChI=1S/C16H22BrN/c1-2-11-18-16(14-5-3-4-6-14)12-13-7-9-15(17)10-8-13/h5,7-10,16,18H,2-4,6,11-12H2,1H3. The maximum atomic E-state index is 3.69. The molecule has 1 unspecified atom stereocenters. The van der Waals surface area contributed by atoms with Gasteiger partial charge in [-0.25, -0.2) is 0 Å². The molecule has 1 aromatic rings. The second-order valence-electron chi connectivity index (χ2n) is 5.01. The molecule has 0 aliphatic heterocycles. The van der Waals surface area contributed by atoms with Crippen LogP contribution < -0.4 is 5.32 Å².